The Bertz CT molecular complexity index is 448. The molecule has 1 saturated heterocycles. The zero-order chi connectivity index (χ0) is 14.4. The number of para-hydroxylation sites is 1. The van der Waals surface area contributed by atoms with E-state index < -0.39 is 0 Å². The second-order valence-corrected chi connectivity index (χ2v) is 5.34. The number of esters is 1. The lowest BCUT2D eigenvalue weighted by Crippen LogP contribution is -2.24. The molecule has 2 rings (SSSR count). The highest BCUT2D eigenvalue weighted by molar-refractivity contribution is 5.95. The molecular formula is C16H24N2O2. The van der Waals surface area contributed by atoms with Crippen LogP contribution in [0.5, 0.6) is 0 Å². The highest BCUT2D eigenvalue weighted by atomic mass is 16.5. The van der Waals surface area contributed by atoms with E-state index in [1.54, 1.807) is 0 Å². The summed E-state index contributed by atoms with van der Waals surface area (Å²) in [5.74, 6) is -0.249. The number of anilines is 1. The van der Waals surface area contributed by atoms with Gasteiger partial charge in [0.1, 0.15) is 0 Å². The Morgan fingerprint density at radius 1 is 1.35 bits per heavy atom. The molecule has 1 aliphatic rings. The van der Waals surface area contributed by atoms with Gasteiger partial charge in [-0.05, 0) is 58.5 Å². The van der Waals surface area contributed by atoms with E-state index >= 15 is 0 Å². The lowest BCUT2D eigenvalue weighted by molar-refractivity contribution is 0.0527. The third kappa shape index (κ3) is 3.97. The molecule has 0 radical (unpaired) electrons. The maximum atomic E-state index is 12.0. The summed E-state index contributed by atoms with van der Waals surface area (Å²) in [5, 5.41) is 3.52. The van der Waals surface area contributed by atoms with Crippen molar-refractivity contribution < 1.29 is 9.53 Å². The molecular weight excluding hydrogens is 252 g/mol. The Kier molecular flexibility index (Phi) is 5.41. The maximum Gasteiger partial charge on any atom is 0.340 e. The minimum atomic E-state index is -0.249. The molecule has 1 atom stereocenters. The van der Waals surface area contributed by atoms with Crippen molar-refractivity contribution >= 4 is 11.7 Å². The van der Waals surface area contributed by atoms with Crippen molar-refractivity contribution in [2.75, 3.05) is 32.1 Å². The van der Waals surface area contributed by atoms with Crippen LogP contribution in [0, 0.1) is 0 Å². The molecule has 0 aliphatic carbocycles. The fraction of sp³-hybridized carbons (Fsp3) is 0.562. The first-order chi connectivity index (χ1) is 9.70. The Labute approximate surface area is 121 Å². The second kappa shape index (κ2) is 7.29. The number of ether oxygens (including phenoxy) is 1. The van der Waals surface area contributed by atoms with Crippen LogP contribution in [0.15, 0.2) is 24.3 Å². The topological polar surface area (TPSA) is 41.6 Å². The Morgan fingerprint density at radius 3 is 2.95 bits per heavy atom. The highest BCUT2D eigenvalue weighted by Crippen LogP contribution is 2.21. The van der Waals surface area contributed by atoms with Gasteiger partial charge in [-0.1, -0.05) is 12.1 Å². The van der Waals surface area contributed by atoms with Crippen LogP contribution in [-0.4, -0.2) is 43.7 Å². The lowest BCUT2D eigenvalue weighted by atomic mass is 10.1. The number of rotatable bonds is 4. The molecule has 4 nitrogen and oxygen atoms in total. The molecule has 0 bridgehead atoms. The molecule has 20 heavy (non-hydrogen) atoms. The minimum Gasteiger partial charge on any atom is -0.462 e. The quantitative estimate of drug-likeness (QED) is 0.859. The van der Waals surface area contributed by atoms with E-state index in [9.17, 15) is 4.79 Å². The second-order valence-electron chi connectivity index (χ2n) is 5.34. The molecule has 1 unspecified atom stereocenters. The zero-order valence-corrected chi connectivity index (χ0v) is 12.4. The van der Waals surface area contributed by atoms with Crippen LogP contribution in [0.25, 0.3) is 0 Å². The standard InChI is InChI=1S/C16H24N2O2/c1-3-20-16(19)14-8-4-5-9-15(14)17-13-7-6-11-18(2)12-10-13/h4-5,8-9,13,17H,3,6-7,10-12H2,1-2H3. The number of nitrogens with one attached hydrogen (secondary N) is 1. The lowest BCUT2D eigenvalue weighted by Gasteiger charge is -2.19. The van der Waals surface area contributed by atoms with E-state index in [0.29, 0.717) is 18.2 Å². The number of likely N-dealkylation sites (tertiary alicyclic amines) is 1. The summed E-state index contributed by atoms with van der Waals surface area (Å²) in [6.45, 7) is 4.48. The molecule has 1 aliphatic heterocycles. The number of nitrogens with zero attached hydrogens (tertiary/aromatic N) is 1. The summed E-state index contributed by atoms with van der Waals surface area (Å²) in [6.07, 6.45) is 3.44. The van der Waals surface area contributed by atoms with Gasteiger partial charge in [0.15, 0.2) is 0 Å². The van der Waals surface area contributed by atoms with Gasteiger partial charge >= 0.3 is 5.97 Å². The van der Waals surface area contributed by atoms with Crippen LogP contribution in [0.2, 0.25) is 0 Å². The van der Waals surface area contributed by atoms with Crippen molar-refractivity contribution in [1.82, 2.24) is 4.90 Å². The van der Waals surface area contributed by atoms with Crippen LogP contribution >= 0.6 is 0 Å². The smallest absolute Gasteiger partial charge is 0.340 e. The first-order valence-electron chi connectivity index (χ1n) is 7.42. The van der Waals surface area contributed by atoms with Crippen LogP contribution in [0.4, 0.5) is 5.69 Å². The van der Waals surface area contributed by atoms with Gasteiger partial charge in [-0.15, -0.1) is 0 Å². The molecule has 1 aromatic carbocycles. The van der Waals surface area contributed by atoms with E-state index in [4.69, 9.17) is 4.74 Å². The Hall–Kier alpha value is -1.55. The summed E-state index contributed by atoms with van der Waals surface area (Å²) in [7, 11) is 2.16. The van der Waals surface area contributed by atoms with E-state index in [2.05, 4.69) is 17.3 Å². The number of carbonyl (C=O) groups excluding carboxylic acids is 1. The van der Waals surface area contributed by atoms with Crippen molar-refractivity contribution in [3.63, 3.8) is 0 Å². The summed E-state index contributed by atoms with van der Waals surface area (Å²) in [4.78, 5) is 14.3. The Balaban J connectivity index is 2.06. The third-order valence-electron chi connectivity index (χ3n) is 3.73. The average molecular weight is 276 g/mol. The average Bonchev–Trinajstić information content (AvgIpc) is 2.65. The van der Waals surface area contributed by atoms with Crippen molar-refractivity contribution in [1.29, 1.82) is 0 Å². The van der Waals surface area contributed by atoms with Crippen molar-refractivity contribution in [2.45, 2.75) is 32.2 Å². The number of carbonyl (C=O) groups is 1. The first kappa shape index (κ1) is 14.9. The molecule has 1 N–H and O–H groups in total. The summed E-state index contributed by atoms with van der Waals surface area (Å²) >= 11 is 0. The predicted octanol–water partition coefficient (Wildman–Crippen LogP) is 2.76. The van der Waals surface area contributed by atoms with Gasteiger partial charge in [-0.25, -0.2) is 4.79 Å². The van der Waals surface area contributed by atoms with E-state index in [1.807, 2.05) is 31.2 Å². The summed E-state index contributed by atoms with van der Waals surface area (Å²) in [5.41, 5.74) is 1.52. The van der Waals surface area contributed by atoms with Crippen LogP contribution < -0.4 is 5.32 Å². The molecule has 0 spiro atoms. The van der Waals surface area contributed by atoms with Gasteiger partial charge in [0, 0.05) is 11.7 Å². The highest BCUT2D eigenvalue weighted by Gasteiger charge is 2.18. The van der Waals surface area contributed by atoms with Gasteiger partial charge in [-0.2, -0.15) is 0 Å². The van der Waals surface area contributed by atoms with Gasteiger partial charge in [0.2, 0.25) is 0 Å². The molecule has 0 amide bonds. The van der Waals surface area contributed by atoms with Crippen molar-refractivity contribution in [3.05, 3.63) is 29.8 Å². The van der Waals surface area contributed by atoms with Crippen LogP contribution in [-0.2, 0) is 4.74 Å². The van der Waals surface area contributed by atoms with E-state index in [-0.39, 0.29) is 5.97 Å². The first-order valence-corrected chi connectivity index (χ1v) is 7.42. The van der Waals surface area contributed by atoms with Crippen molar-refractivity contribution in [3.8, 4) is 0 Å². The SMILES string of the molecule is CCOC(=O)c1ccccc1NC1CCCN(C)CC1. The molecule has 4 heteroatoms. The normalized spacial score (nSPS) is 20.2. The molecule has 0 aromatic heterocycles. The molecule has 1 heterocycles. The van der Waals surface area contributed by atoms with Gasteiger partial charge in [0.25, 0.3) is 0 Å². The monoisotopic (exact) mass is 276 g/mol. The van der Waals surface area contributed by atoms with E-state index in [0.717, 1.165) is 31.6 Å². The third-order valence-corrected chi connectivity index (χ3v) is 3.73. The summed E-state index contributed by atoms with van der Waals surface area (Å²) in [6, 6.07) is 8.03. The molecule has 1 aromatic rings. The maximum absolute atomic E-state index is 12.0. The summed E-state index contributed by atoms with van der Waals surface area (Å²) < 4.78 is 5.11. The molecule has 110 valence electrons. The van der Waals surface area contributed by atoms with Crippen molar-refractivity contribution in [2.24, 2.45) is 0 Å². The van der Waals surface area contributed by atoms with E-state index in [1.165, 1.54) is 6.42 Å². The minimum absolute atomic E-state index is 0.249. The van der Waals surface area contributed by atoms with Crippen LogP contribution in [0.1, 0.15) is 36.5 Å². The van der Waals surface area contributed by atoms with Gasteiger partial charge < -0.3 is 15.0 Å². The fourth-order valence-corrected chi connectivity index (χ4v) is 2.60. The predicted molar refractivity (Wildman–Crippen MR) is 81.2 cm³/mol. The molecule has 0 saturated carbocycles. The fourth-order valence-electron chi connectivity index (χ4n) is 2.60. The largest absolute Gasteiger partial charge is 0.462 e. The number of benzene rings is 1. The van der Waals surface area contributed by atoms with Gasteiger partial charge in [0.05, 0.1) is 12.2 Å². The zero-order valence-electron chi connectivity index (χ0n) is 12.4. The van der Waals surface area contributed by atoms with Gasteiger partial charge in [-0.3, -0.25) is 0 Å². The Morgan fingerprint density at radius 2 is 2.15 bits per heavy atom. The number of hydrogen-bond acceptors (Lipinski definition) is 4. The number of hydrogen-bond donors (Lipinski definition) is 1. The van der Waals surface area contributed by atoms with Crippen LogP contribution in [0.3, 0.4) is 0 Å². The molecule has 1 fully saturated rings.